The Morgan fingerprint density at radius 2 is 1.77 bits per heavy atom. The van der Waals surface area contributed by atoms with Crippen molar-refractivity contribution in [2.45, 2.75) is 39.8 Å². The molecule has 4 nitrogen and oxygen atoms in total. The lowest BCUT2D eigenvalue weighted by Crippen LogP contribution is -2.45. The number of carbonyl (C=O) groups excluding carboxylic acids is 1. The maximum Gasteiger partial charge on any atom is 0.251 e. The molecule has 0 aliphatic carbocycles. The highest BCUT2D eigenvalue weighted by Crippen LogP contribution is 2.12. The first kappa shape index (κ1) is 17.0. The van der Waals surface area contributed by atoms with Gasteiger partial charge in [0.05, 0.1) is 0 Å². The van der Waals surface area contributed by atoms with Crippen molar-refractivity contribution in [1.29, 1.82) is 0 Å². The van der Waals surface area contributed by atoms with Gasteiger partial charge in [-0.1, -0.05) is 19.1 Å². The van der Waals surface area contributed by atoms with Crippen LogP contribution in [0.3, 0.4) is 0 Å². The van der Waals surface area contributed by atoms with E-state index in [1.54, 1.807) is 0 Å². The van der Waals surface area contributed by atoms with Crippen LogP contribution in [0.15, 0.2) is 24.3 Å². The Bertz CT molecular complexity index is 499. The van der Waals surface area contributed by atoms with Gasteiger partial charge in [0.25, 0.3) is 5.91 Å². The summed E-state index contributed by atoms with van der Waals surface area (Å²) in [4.78, 5) is 17.2. The number of hydrogen-bond donors (Lipinski definition) is 1. The number of piperazine rings is 1. The molecule has 0 atom stereocenters. The number of rotatable bonds is 4. The van der Waals surface area contributed by atoms with E-state index in [-0.39, 0.29) is 11.4 Å². The predicted octanol–water partition coefficient (Wildman–Crippen LogP) is 2.35. The van der Waals surface area contributed by atoms with Crippen LogP contribution < -0.4 is 5.32 Å². The molecule has 0 radical (unpaired) electrons. The molecule has 0 unspecified atom stereocenters. The van der Waals surface area contributed by atoms with Gasteiger partial charge in [-0.05, 0) is 45.0 Å². The zero-order valence-corrected chi connectivity index (χ0v) is 14.4. The molecule has 1 aromatic carbocycles. The van der Waals surface area contributed by atoms with Gasteiger partial charge in [-0.2, -0.15) is 0 Å². The van der Waals surface area contributed by atoms with E-state index >= 15 is 0 Å². The van der Waals surface area contributed by atoms with Crippen molar-refractivity contribution in [3.63, 3.8) is 0 Å². The van der Waals surface area contributed by atoms with Crippen LogP contribution in [0.25, 0.3) is 0 Å². The molecular weight excluding hydrogens is 274 g/mol. The zero-order valence-electron chi connectivity index (χ0n) is 14.4. The number of amides is 1. The highest BCUT2D eigenvalue weighted by Gasteiger charge is 2.17. The Kier molecular flexibility index (Phi) is 5.59. The predicted molar refractivity (Wildman–Crippen MR) is 91.1 cm³/mol. The maximum atomic E-state index is 12.3. The van der Waals surface area contributed by atoms with E-state index in [1.807, 2.05) is 39.0 Å². The molecule has 1 fully saturated rings. The fourth-order valence-electron chi connectivity index (χ4n) is 2.75. The molecule has 1 aliphatic rings. The van der Waals surface area contributed by atoms with Crippen LogP contribution >= 0.6 is 0 Å². The molecule has 1 saturated heterocycles. The molecule has 122 valence electrons. The molecule has 1 amide bonds. The number of nitrogens with zero attached hydrogens (tertiary/aromatic N) is 2. The van der Waals surface area contributed by atoms with Crippen LogP contribution in [0.2, 0.25) is 0 Å². The van der Waals surface area contributed by atoms with Gasteiger partial charge in [0.2, 0.25) is 0 Å². The molecule has 1 aliphatic heterocycles. The summed E-state index contributed by atoms with van der Waals surface area (Å²) in [6.45, 7) is 14.8. The van der Waals surface area contributed by atoms with E-state index in [1.165, 1.54) is 5.56 Å². The van der Waals surface area contributed by atoms with Crippen molar-refractivity contribution in [3.8, 4) is 0 Å². The normalized spacial score (nSPS) is 17.5. The van der Waals surface area contributed by atoms with Gasteiger partial charge in [-0.15, -0.1) is 0 Å². The second-order valence-corrected chi connectivity index (χ2v) is 7.11. The Labute approximate surface area is 134 Å². The van der Waals surface area contributed by atoms with Gasteiger partial charge in [-0.3, -0.25) is 9.69 Å². The van der Waals surface area contributed by atoms with Crippen LogP contribution in [0, 0.1) is 0 Å². The second kappa shape index (κ2) is 7.25. The lowest BCUT2D eigenvalue weighted by molar-refractivity contribution is 0.0919. The zero-order chi connectivity index (χ0) is 16.2. The Morgan fingerprint density at radius 3 is 2.36 bits per heavy atom. The lowest BCUT2D eigenvalue weighted by atomic mass is 10.1. The summed E-state index contributed by atoms with van der Waals surface area (Å²) in [5.74, 6) is 0.00477. The number of benzene rings is 1. The lowest BCUT2D eigenvalue weighted by Gasteiger charge is -2.34. The van der Waals surface area contributed by atoms with Crippen LogP contribution in [0.4, 0.5) is 0 Å². The monoisotopic (exact) mass is 303 g/mol. The first-order valence-corrected chi connectivity index (χ1v) is 8.23. The van der Waals surface area contributed by atoms with Crippen LogP contribution in [0.5, 0.6) is 0 Å². The summed E-state index contributed by atoms with van der Waals surface area (Å²) in [5.41, 5.74) is 1.76. The van der Waals surface area contributed by atoms with Crippen molar-refractivity contribution in [1.82, 2.24) is 15.1 Å². The highest BCUT2D eigenvalue weighted by atomic mass is 16.1. The van der Waals surface area contributed by atoms with Gasteiger partial charge in [0, 0.05) is 43.8 Å². The highest BCUT2D eigenvalue weighted by molar-refractivity contribution is 5.94. The maximum absolute atomic E-state index is 12.3. The average molecular weight is 303 g/mol. The molecule has 22 heavy (non-hydrogen) atoms. The SMILES string of the molecule is CCN1CCN(Cc2cccc(C(=O)NC(C)(C)C)c2)CC1. The summed E-state index contributed by atoms with van der Waals surface area (Å²) >= 11 is 0. The van der Waals surface area contributed by atoms with Crippen molar-refractivity contribution in [2.75, 3.05) is 32.7 Å². The van der Waals surface area contributed by atoms with Crippen LogP contribution in [-0.4, -0.2) is 54.0 Å². The van der Waals surface area contributed by atoms with Gasteiger partial charge < -0.3 is 10.2 Å². The number of nitrogens with one attached hydrogen (secondary N) is 1. The summed E-state index contributed by atoms with van der Waals surface area (Å²) in [6, 6.07) is 8.00. The molecule has 2 rings (SSSR count). The molecule has 1 heterocycles. The van der Waals surface area contributed by atoms with Gasteiger partial charge in [0.1, 0.15) is 0 Å². The molecule has 1 N–H and O–H groups in total. The average Bonchev–Trinajstić information content (AvgIpc) is 2.46. The molecule has 0 spiro atoms. The summed E-state index contributed by atoms with van der Waals surface area (Å²) in [7, 11) is 0. The van der Waals surface area contributed by atoms with E-state index < -0.39 is 0 Å². The van der Waals surface area contributed by atoms with E-state index in [9.17, 15) is 4.79 Å². The van der Waals surface area contributed by atoms with Gasteiger partial charge in [-0.25, -0.2) is 0 Å². The molecule has 0 saturated carbocycles. The Balaban J connectivity index is 1.96. The number of likely N-dealkylation sites (N-methyl/N-ethyl adjacent to an activating group) is 1. The van der Waals surface area contributed by atoms with Crippen molar-refractivity contribution in [2.24, 2.45) is 0 Å². The fourth-order valence-corrected chi connectivity index (χ4v) is 2.75. The van der Waals surface area contributed by atoms with Crippen molar-refractivity contribution >= 4 is 5.91 Å². The molecule has 0 bridgehead atoms. The Hall–Kier alpha value is -1.39. The van der Waals surface area contributed by atoms with Crippen LogP contribution in [0.1, 0.15) is 43.6 Å². The van der Waals surface area contributed by atoms with E-state index in [0.717, 1.165) is 44.8 Å². The first-order chi connectivity index (χ1) is 10.4. The summed E-state index contributed by atoms with van der Waals surface area (Å²) in [5, 5.41) is 3.02. The Morgan fingerprint density at radius 1 is 1.14 bits per heavy atom. The third kappa shape index (κ3) is 5.11. The summed E-state index contributed by atoms with van der Waals surface area (Å²) < 4.78 is 0. The summed E-state index contributed by atoms with van der Waals surface area (Å²) in [6.07, 6.45) is 0. The van der Waals surface area contributed by atoms with Crippen molar-refractivity contribution < 1.29 is 4.79 Å². The molecular formula is C18H29N3O. The van der Waals surface area contributed by atoms with Gasteiger partial charge in [0.15, 0.2) is 0 Å². The molecule has 4 heteroatoms. The fraction of sp³-hybridized carbons (Fsp3) is 0.611. The van der Waals surface area contributed by atoms with E-state index in [4.69, 9.17) is 0 Å². The minimum Gasteiger partial charge on any atom is -0.347 e. The minimum atomic E-state index is -0.205. The van der Waals surface area contributed by atoms with Crippen LogP contribution in [-0.2, 0) is 6.54 Å². The molecule has 1 aromatic rings. The first-order valence-electron chi connectivity index (χ1n) is 8.23. The van der Waals surface area contributed by atoms with Gasteiger partial charge >= 0.3 is 0 Å². The molecule has 0 aromatic heterocycles. The topological polar surface area (TPSA) is 35.6 Å². The second-order valence-electron chi connectivity index (χ2n) is 7.11. The third-order valence-electron chi connectivity index (χ3n) is 4.00. The third-order valence-corrected chi connectivity index (χ3v) is 4.00. The number of carbonyl (C=O) groups is 1. The largest absolute Gasteiger partial charge is 0.347 e. The van der Waals surface area contributed by atoms with E-state index in [2.05, 4.69) is 28.1 Å². The van der Waals surface area contributed by atoms with Crippen molar-refractivity contribution in [3.05, 3.63) is 35.4 Å². The smallest absolute Gasteiger partial charge is 0.251 e. The number of hydrogen-bond acceptors (Lipinski definition) is 3. The minimum absolute atomic E-state index is 0.00477. The quantitative estimate of drug-likeness (QED) is 0.927. The standard InChI is InChI=1S/C18H29N3O/c1-5-20-9-11-21(12-10-20)14-15-7-6-8-16(13-15)17(22)19-18(2,3)4/h6-8,13H,5,9-12,14H2,1-4H3,(H,19,22). The van der Waals surface area contributed by atoms with E-state index in [0.29, 0.717) is 0 Å².